The molecule has 2 unspecified atom stereocenters. The van der Waals surface area contributed by atoms with Crippen LogP contribution in [0.5, 0.6) is 0 Å². The Morgan fingerprint density at radius 1 is 1.63 bits per heavy atom. The van der Waals surface area contributed by atoms with E-state index in [1.807, 2.05) is 0 Å². The molecule has 1 aliphatic heterocycles. The molecule has 1 spiro atoms. The predicted octanol–water partition coefficient (Wildman–Crippen LogP) is -0.486. The lowest BCUT2D eigenvalue weighted by Gasteiger charge is -2.14. The van der Waals surface area contributed by atoms with Crippen molar-refractivity contribution in [3.63, 3.8) is 0 Å². The summed E-state index contributed by atoms with van der Waals surface area (Å²) in [6, 6.07) is 0. The minimum Gasteiger partial charge on any atom is -0.390 e. The Morgan fingerprint density at radius 3 is 3.11 bits per heavy atom. The smallest absolute Gasteiger partial charge is 0.280 e. The third-order valence-electron chi connectivity index (χ3n) is 3.93. The molecule has 0 amide bonds. The molecule has 8 nitrogen and oxygen atoms in total. The average Bonchev–Trinajstić information content (AvgIpc) is 2.75. The summed E-state index contributed by atoms with van der Waals surface area (Å²) in [4.78, 5) is 22.3. The quantitative estimate of drug-likeness (QED) is 0.639. The first kappa shape index (κ1) is 10.9. The first-order chi connectivity index (χ1) is 9.09. The summed E-state index contributed by atoms with van der Waals surface area (Å²) in [6.45, 7) is 0. The fourth-order valence-electron chi connectivity index (χ4n) is 2.77. The molecule has 1 saturated heterocycles. The highest BCUT2D eigenvalue weighted by Crippen LogP contribution is 2.52. The molecule has 3 atom stereocenters. The molecule has 3 heterocycles. The minimum absolute atomic E-state index is 0.0541. The highest BCUT2D eigenvalue weighted by molar-refractivity contribution is 5.70. The summed E-state index contributed by atoms with van der Waals surface area (Å²) in [6.07, 6.45) is 3.13. The Labute approximate surface area is 107 Å². The number of fused-ring (bicyclic) bond motifs is 1. The molecule has 0 bridgehead atoms. The second kappa shape index (κ2) is 3.34. The SMILES string of the molecule is Nc1nc2c(ncn2[C@H]2CCC3(CC3O)O2)c(=O)[nH]1. The van der Waals surface area contributed by atoms with Crippen molar-refractivity contribution in [2.75, 3.05) is 5.73 Å². The van der Waals surface area contributed by atoms with Crippen LogP contribution >= 0.6 is 0 Å². The topological polar surface area (TPSA) is 119 Å². The Hall–Kier alpha value is -1.93. The van der Waals surface area contributed by atoms with Gasteiger partial charge in [0.25, 0.3) is 5.56 Å². The van der Waals surface area contributed by atoms with Crippen LogP contribution in [0.25, 0.3) is 11.2 Å². The van der Waals surface area contributed by atoms with E-state index in [4.69, 9.17) is 10.5 Å². The number of anilines is 1. The van der Waals surface area contributed by atoms with Gasteiger partial charge in [-0.25, -0.2) is 4.98 Å². The summed E-state index contributed by atoms with van der Waals surface area (Å²) in [5.74, 6) is 0.0541. The number of aromatic amines is 1. The van der Waals surface area contributed by atoms with Gasteiger partial charge in [-0.1, -0.05) is 0 Å². The van der Waals surface area contributed by atoms with Crippen LogP contribution in [-0.2, 0) is 4.74 Å². The van der Waals surface area contributed by atoms with Gasteiger partial charge in [0.1, 0.15) is 6.23 Å². The monoisotopic (exact) mass is 263 g/mol. The van der Waals surface area contributed by atoms with Crippen molar-refractivity contribution in [1.82, 2.24) is 19.5 Å². The molecular weight excluding hydrogens is 250 g/mol. The van der Waals surface area contributed by atoms with E-state index >= 15 is 0 Å². The number of ether oxygens (including phenoxy) is 1. The molecule has 0 radical (unpaired) electrons. The van der Waals surface area contributed by atoms with Crippen molar-refractivity contribution in [1.29, 1.82) is 0 Å². The van der Waals surface area contributed by atoms with Gasteiger partial charge in [0, 0.05) is 6.42 Å². The second-order valence-corrected chi connectivity index (χ2v) is 5.17. The van der Waals surface area contributed by atoms with Crippen molar-refractivity contribution >= 4 is 17.1 Å². The highest BCUT2D eigenvalue weighted by Gasteiger charge is 2.59. The van der Waals surface area contributed by atoms with E-state index in [-0.39, 0.29) is 29.4 Å². The summed E-state index contributed by atoms with van der Waals surface area (Å²) in [5, 5.41) is 9.59. The molecule has 2 aromatic heterocycles. The average molecular weight is 263 g/mol. The number of aliphatic hydroxyl groups is 1. The first-order valence-electron chi connectivity index (χ1n) is 6.17. The van der Waals surface area contributed by atoms with Gasteiger partial charge in [0.05, 0.1) is 18.0 Å². The Bertz CT molecular complexity index is 723. The number of rotatable bonds is 1. The standard InChI is InChI=1S/C11H13N5O3/c12-10-14-8-7(9(18)15-10)13-4-16(8)6-1-2-11(19-6)3-5(11)17/h4-6,17H,1-3H2,(H3,12,14,15,18)/t5?,6-,11?/m1/s1. The molecule has 19 heavy (non-hydrogen) atoms. The van der Waals surface area contributed by atoms with Gasteiger partial charge in [-0.2, -0.15) is 4.98 Å². The van der Waals surface area contributed by atoms with Crippen LogP contribution in [0.3, 0.4) is 0 Å². The summed E-state index contributed by atoms with van der Waals surface area (Å²) in [5.41, 5.74) is 5.46. The number of nitrogens with one attached hydrogen (secondary N) is 1. The van der Waals surface area contributed by atoms with Crippen LogP contribution < -0.4 is 11.3 Å². The van der Waals surface area contributed by atoms with E-state index in [2.05, 4.69) is 15.0 Å². The predicted molar refractivity (Wildman–Crippen MR) is 65.3 cm³/mol. The number of nitrogen functional groups attached to an aromatic ring is 1. The number of imidazole rings is 1. The summed E-state index contributed by atoms with van der Waals surface area (Å²) in [7, 11) is 0. The lowest BCUT2D eigenvalue weighted by atomic mass is 10.2. The maximum Gasteiger partial charge on any atom is 0.280 e. The molecule has 4 rings (SSSR count). The van der Waals surface area contributed by atoms with Gasteiger partial charge in [-0.05, 0) is 12.8 Å². The zero-order valence-corrected chi connectivity index (χ0v) is 10.0. The maximum absolute atomic E-state index is 11.7. The molecular formula is C11H13N5O3. The van der Waals surface area contributed by atoms with Crippen molar-refractivity contribution in [2.45, 2.75) is 37.2 Å². The van der Waals surface area contributed by atoms with Crippen molar-refractivity contribution in [3.05, 3.63) is 16.7 Å². The maximum atomic E-state index is 11.7. The number of H-pyrrole nitrogens is 1. The Kier molecular flexibility index (Phi) is 1.92. The molecule has 2 aliphatic rings. The molecule has 2 fully saturated rings. The van der Waals surface area contributed by atoms with Crippen molar-refractivity contribution in [3.8, 4) is 0 Å². The zero-order valence-electron chi connectivity index (χ0n) is 10.0. The van der Waals surface area contributed by atoms with Crippen LogP contribution in [0.4, 0.5) is 5.95 Å². The van der Waals surface area contributed by atoms with Crippen LogP contribution in [0.1, 0.15) is 25.5 Å². The van der Waals surface area contributed by atoms with Crippen LogP contribution in [0.15, 0.2) is 11.1 Å². The number of nitrogens with zero attached hydrogens (tertiary/aromatic N) is 3. The van der Waals surface area contributed by atoms with E-state index in [1.165, 1.54) is 6.33 Å². The summed E-state index contributed by atoms with van der Waals surface area (Å²) < 4.78 is 7.59. The molecule has 8 heteroatoms. The number of nitrogens with two attached hydrogens (primary N) is 1. The molecule has 2 aromatic rings. The van der Waals surface area contributed by atoms with E-state index in [0.717, 1.165) is 12.8 Å². The molecule has 100 valence electrons. The van der Waals surface area contributed by atoms with Gasteiger partial charge < -0.3 is 15.6 Å². The third-order valence-corrected chi connectivity index (χ3v) is 3.93. The molecule has 1 aliphatic carbocycles. The Balaban J connectivity index is 1.78. The van der Waals surface area contributed by atoms with E-state index in [9.17, 15) is 9.90 Å². The van der Waals surface area contributed by atoms with Gasteiger partial charge in [-0.15, -0.1) is 0 Å². The molecule has 1 saturated carbocycles. The largest absolute Gasteiger partial charge is 0.390 e. The highest BCUT2D eigenvalue weighted by atomic mass is 16.6. The lowest BCUT2D eigenvalue weighted by molar-refractivity contribution is -0.0327. The third kappa shape index (κ3) is 1.44. The lowest BCUT2D eigenvalue weighted by Crippen LogP contribution is -2.17. The Morgan fingerprint density at radius 2 is 2.42 bits per heavy atom. The van der Waals surface area contributed by atoms with Gasteiger partial charge in [0.15, 0.2) is 11.2 Å². The first-order valence-corrected chi connectivity index (χ1v) is 6.17. The number of aromatic nitrogens is 4. The molecule has 0 aromatic carbocycles. The zero-order chi connectivity index (χ0) is 13.2. The normalized spacial score (nSPS) is 33.3. The number of hydrogen-bond donors (Lipinski definition) is 3. The van der Waals surface area contributed by atoms with Crippen molar-refractivity contribution < 1.29 is 9.84 Å². The van der Waals surface area contributed by atoms with Gasteiger partial charge in [0.2, 0.25) is 5.95 Å². The second-order valence-electron chi connectivity index (χ2n) is 5.17. The van der Waals surface area contributed by atoms with Crippen LogP contribution in [0, 0.1) is 0 Å². The van der Waals surface area contributed by atoms with Crippen LogP contribution in [-0.4, -0.2) is 36.3 Å². The van der Waals surface area contributed by atoms with Gasteiger partial charge >= 0.3 is 0 Å². The minimum atomic E-state index is -0.395. The summed E-state index contributed by atoms with van der Waals surface area (Å²) >= 11 is 0. The molecule has 4 N–H and O–H groups in total. The number of aliphatic hydroxyl groups excluding tert-OH is 1. The fraction of sp³-hybridized carbons (Fsp3) is 0.545. The van der Waals surface area contributed by atoms with Crippen LogP contribution in [0.2, 0.25) is 0 Å². The van der Waals surface area contributed by atoms with E-state index in [1.54, 1.807) is 4.57 Å². The number of hydrogen-bond acceptors (Lipinski definition) is 6. The van der Waals surface area contributed by atoms with E-state index < -0.39 is 5.60 Å². The van der Waals surface area contributed by atoms with Gasteiger partial charge in [-0.3, -0.25) is 14.3 Å². The fourth-order valence-corrected chi connectivity index (χ4v) is 2.77. The van der Waals surface area contributed by atoms with E-state index in [0.29, 0.717) is 12.1 Å². The van der Waals surface area contributed by atoms with Crippen molar-refractivity contribution in [2.24, 2.45) is 0 Å².